The highest BCUT2D eigenvalue weighted by molar-refractivity contribution is 5.32. The molecule has 2 N–H and O–H groups in total. The number of nitrogens with zero attached hydrogens (tertiary/aromatic N) is 1. The Hall–Kier alpha value is -1.54. The molecule has 0 radical (unpaired) electrons. The highest BCUT2D eigenvalue weighted by Gasteiger charge is 2.20. The Morgan fingerprint density at radius 3 is 2.95 bits per heavy atom. The minimum Gasteiger partial charge on any atom is -0.349 e. The van der Waals surface area contributed by atoms with E-state index in [1.165, 1.54) is 36.1 Å². The number of benzene rings is 1. The van der Waals surface area contributed by atoms with Crippen LogP contribution in [-0.2, 0) is 13.0 Å². The molecule has 100 valence electrons. The number of aryl methyl sites for hydroxylation is 1. The van der Waals surface area contributed by atoms with E-state index in [-0.39, 0.29) is 6.04 Å². The summed E-state index contributed by atoms with van der Waals surface area (Å²) in [6.45, 7) is 3.11. The normalized spacial score (nSPS) is 20.0. The average molecular weight is 254 g/mol. The Kier molecular flexibility index (Phi) is 3.43. The fourth-order valence-corrected chi connectivity index (χ4v) is 3.29. The standard InChI is InChI=1S/C17H22N2/c1-13(18)17-10-5-11-19(17)12-15-8-4-7-14-6-2-3-9-16(14)15/h2-3,5-6,9-11,13,15H,4,7-8,12,18H2,1H3. The molecular formula is C17H22N2. The molecule has 0 saturated heterocycles. The van der Waals surface area contributed by atoms with Gasteiger partial charge in [0.2, 0.25) is 0 Å². The van der Waals surface area contributed by atoms with Gasteiger partial charge in [-0.2, -0.15) is 0 Å². The molecule has 1 heterocycles. The van der Waals surface area contributed by atoms with Gasteiger partial charge in [0, 0.05) is 30.4 Å². The maximum absolute atomic E-state index is 6.04. The molecule has 0 bridgehead atoms. The summed E-state index contributed by atoms with van der Waals surface area (Å²) in [6, 6.07) is 13.3. The summed E-state index contributed by atoms with van der Waals surface area (Å²) in [5.41, 5.74) is 10.4. The van der Waals surface area contributed by atoms with Gasteiger partial charge in [-0.1, -0.05) is 24.3 Å². The van der Waals surface area contributed by atoms with E-state index in [9.17, 15) is 0 Å². The summed E-state index contributed by atoms with van der Waals surface area (Å²) in [5, 5.41) is 0. The van der Waals surface area contributed by atoms with Crippen molar-refractivity contribution in [2.24, 2.45) is 5.73 Å². The van der Waals surface area contributed by atoms with Gasteiger partial charge in [-0.3, -0.25) is 0 Å². The van der Waals surface area contributed by atoms with Gasteiger partial charge >= 0.3 is 0 Å². The first-order chi connectivity index (χ1) is 9.25. The smallest absolute Gasteiger partial charge is 0.0421 e. The first-order valence-corrected chi connectivity index (χ1v) is 7.24. The molecule has 0 spiro atoms. The quantitative estimate of drug-likeness (QED) is 0.891. The van der Waals surface area contributed by atoms with Crippen LogP contribution >= 0.6 is 0 Å². The minimum atomic E-state index is 0.105. The summed E-state index contributed by atoms with van der Waals surface area (Å²) in [6.07, 6.45) is 5.98. The van der Waals surface area contributed by atoms with Gasteiger partial charge in [-0.15, -0.1) is 0 Å². The van der Waals surface area contributed by atoms with Crippen molar-refractivity contribution in [1.82, 2.24) is 4.57 Å². The number of nitrogens with two attached hydrogens (primary N) is 1. The number of hydrogen-bond acceptors (Lipinski definition) is 1. The maximum atomic E-state index is 6.04. The van der Waals surface area contributed by atoms with Crippen LogP contribution in [0.5, 0.6) is 0 Å². The van der Waals surface area contributed by atoms with Gasteiger partial charge in [0.1, 0.15) is 0 Å². The molecule has 2 aromatic rings. The highest BCUT2D eigenvalue weighted by atomic mass is 15.0. The van der Waals surface area contributed by atoms with E-state index in [1.54, 1.807) is 0 Å². The molecule has 2 heteroatoms. The van der Waals surface area contributed by atoms with Crippen LogP contribution in [0.25, 0.3) is 0 Å². The van der Waals surface area contributed by atoms with Gasteiger partial charge in [0.15, 0.2) is 0 Å². The Balaban J connectivity index is 1.87. The molecule has 0 fully saturated rings. The molecule has 0 saturated carbocycles. The highest BCUT2D eigenvalue weighted by Crippen LogP contribution is 2.33. The first kappa shape index (κ1) is 12.5. The molecule has 1 aromatic carbocycles. The Morgan fingerprint density at radius 1 is 1.26 bits per heavy atom. The van der Waals surface area contributed by atoms with Gasteiger partial charge in [0.05, 0.1) is 0 Å². The predicted molar refractivity (Wildman–Crippen MR) is 79.2 cm³/mol. The van der Waals surface area contributed by atoms with Crippen LogP contribution in [0.15, 0.2) is 42.6 Å². The van der Waals surface area contributed by atoms with E-state index in [4.69, 9.17) is 5.73 Å². The lowest BCUT2D eigenvalue weighted by molar-refractivity contribution is 0.470. The summed E-state index contributed by atoms with van der Waals surface area (Å²) in [5.74, 6) is 0.634. The third-order valence-electron chi connectivity index (χ3n) is 4.24. The van der Waals surface area contributed by atoms with Crippen molar-refractivity contribution >= 4 is 0 Å². The summed E-state index contributed by atoms with van der Waals surface area (Å²) < 4.78 is 2.33. The Labute approximate surface area is 115 Å². The van der Waals surface area contributed by atoms with Gasteiger partial charge in [0.25, 0.3) is 0 Å². The lowest BCUT2D eigenvalue weighted by atomic mass is 9.83. The zero-order valence-corrected chi connectivity index (χ0v) is 11.5. The molecule has 2 unspecified atom stereocenters. The molecule has 1 aliphatic carbocycles. The second-order valence-corrected chi connectivity index (χ2v) is 5.66. The van der Waals surface area contributed by atoms with Crippen molar-refractivity contribution in [2.75, 3.05) is 0 Å². The fourth-order valence-electron chi connectivity index (χ4n) is 3.29. The van der Waals surface area contributed by atoms with Crippen LogP contribution in [0.1, 0.15) is 48.5 Å². The van der Waals surface area contributed by atoms with E-state index in [1.807, 2.05) is 0 Å². The van der Waals surface area contributed by atoms with Crippen molar-refractivity contribution in [3.8, 4) is 0 Å². The van der Waals surface area contributed by atoms with Gasteiger partial charge in [-0.05, 0) is 49.4 Å². The number of rotatable bonds is 3. The van der Waals surface area contributed by atoms with Crippen molar-refractivity contribution in [3.63, 3.8) is 0 Å². The molecule has 2 nitrogen and oxygen atoms in total. The topological polar surface area (TPSA) is 30.9 Å². The largest absolute Gasteiger partial charge is 0.349 e. The SMILES string of the molecule is CC(N)c1cccn1CC1CCCc2ccccc21. The van der Waals surface area contributed by atoms with E-state index in [0.717, 1.165) is 6.54 Å². The molecule has 2 atom stereocenters. The predicted octanol–water partition coefficient (Wildman–Crippen LogP) is 3.63. The van der Waals surface area contributed by atoms with Crippen LogP contribution in [0, 0.1) is 0 Å². The molecular weight excluding hydrogens is 232 g/mol. The molecule has 3 rings (SSSR count). The van der Waals surface area contributed by atoms with Crippen LogP contribution in [0.4, 0.5) is 0 Å². The zero-order chi connectivity index (χ0) is 13.2. The van der Waals surface area contributed by atoms with Crippen LogP contribution in [0.3, 0.4) is 0 Å². The van der Waals surface area contributed by atoms with E-state index < -0.39 is 0 Å². The van der Waals surface area contributed by atoms with Crippen molar-refractivity contribution in [3.05, 3.63) is 59.4 Å². The maximum Gasteiger partial charge on any atom is 0.0421 e. The first-order valence-electron chi connectivity index (χ1n) is 7.24. The molecule has 19 heavy (non-hydrogen) atoms. The Bertz CT molecular complexity index is 554. The second-order valence-electron chi connectivity index (χ2n) is 5.66. The average Bonchev–Trinajstić information content (AvgIpc) is 2.87. The van der Waals surface area contributed by atoms with E-state index in [0.29, 0.717) is 5.92 Å². The summed E-state index contributed by atoms with van der Waals surface area (Å²) in [7, 11) is 0. The van der Waals surface area contributed by atoms with Crippen LogP contribution < -0.4 is 5.73 Å². The van der Waals surface area contributed by atoms with Crippen LogP contribution in [-0.4, -0.2) is 4.57 Å². The van der Waals surface area contributed by atoms with Gasteiger partial charge in [-0.25, -0.2) is 0 Å². The molecule has 0 amide bonds. The van der Waals surface area contributed by atoms with Crippen molar-refractivity contribution < 1.29 is 0 Å². The summed E-state index contributed by atoms with van der Waals surface area (Å²) in [4.78, 5) is 0. The lowest BCUT2D eigenvalue weighted by Gasteiger charge is -2.27. The number of aromatic nitrogens is 1. The van der Waals surface area contributed by atoms with Gasteiger partial charge < -0.3 is 10.3 Å². The second kappa shape index (κ2) is 5.22. The third-order valence-corrected chi connectivity index (χ3v) is 4.24. The lowest BCUT2D eigenvalue weighted by Crippen LogP contribution is -2.18. The third kappa shape index (κ3) is 2.45. The zero-order valence-electron chi connectivity index (χ0n) is 11.5. The van der Waals surface area contributed by atoms with Crippen LogP contribution in [0.2, 0.25) is 0 Å². The number of hydrogen-bond donors (Lipinski definition) is 1. The number of fused-ring (bicyclic) bond motifs is 1. The van der Waals surface area contributed by atoms with Crippen molar-refractivity contribution in [2.45, 2.75) is 44.7 Å². The van der Waals surface area contributed by atoms with E-state index >= 15 is 0 Å². The fraction of sp³-hybridized carbons (Fsp3) is 0.412. The molecule has 1 aromatic heterocycles. The molecule has 0 aliphatic heterocycles. The monoisotopic (exact) mass is 254 g/mol. The van der Waals surface area contributed by atoms with Crippen molar-refractivity contribution in [1.29, 1.82) is 0 Å². The molecule has 1 aliphatic rings. The summed E-state index contributed by atoms with van der Waals surface area (Å²) >= 11 is 0. The minimum absolute atomic E-state index is 0.105. The van der Waals surface area contributed by atoms with E-state index in [2.05, 4.69) is 54.1 Å². The Morgan fingerprint density at radius 2 is 2.11 bits per heavy atom.